The maximum absolute atomic E-state index is 12.1. The lowest BCUT2D eigenvalue weighted by atomic mass is 10.1. The fourth-order valence-corrected chi connectivity index (χ4v) is 2.40. The molecule has 2 aromatic rings. The fourth-order valence-electron chi connectivity index (χ4n) is 2.40. The van der Waals surface area contributed by atoms with Crippen LogP contribution in [0.3, 0.4) is 0 Å². The van der Waals surface area contributed by atoms with Crippen LogP contribution in [0.2, 0.25) is 0 Å². The fraction of sp³-hybridized carbons (Fsp3) is 0.300. The van der Waals surface area contributed by atoms with Gasteiger partial charge in [-0.1, -0.05) is 23.8 Å². The van der Waals surface area contributed by atoms with Crippen LogP contribution in [-0.4, -0.2) is 36.9 Å². The highest BCUT2D eigenvalue weighted by atomic mass is 16.2. The molecule has 0 heterocycles. The second-order valence-electron chi connectivity index (χ2n) is 6.43. The molecule has 0 aliphatic heterocycles. The highest BCUT2D eigenvalue weighted by molar-refractivity contribution is 5.94. The van der Waals surface area contributed by atoms with Gasteiger partial charge >= 0.3 is 0 Å². The molecule has 2 amide bonds. The van der Waals surface area contributed by atoms with Crippen molar-refractivity contribution < 1.29 is 9.59 Å². The lowest BCUT2D eigenvalue weighted by Crippen LogP contribution is -2.36. The van der Waals surface area contributed by atoms with Crippen LogP contribution in [0.15, 0.2) is 42.5 Å². The summed E-state index contributed by atoms with van der Waals surface area (Å²) in [7, 11) is 1.74. The Morgan fingerprint density at radius 1 is 0.800 bits per heavy atom. The summed E-state index contributed by atoms with van der Waals surface area (Å²) >= 11 is 0. The number of nitrogens with one attached hydrogen (secondary N) is 2. The monoisotopic (exact) mass is 339 g/mol. The molecule has 25 heavy (non-hydrogen) atoms. The largest absolute Gasteiger partial charge is 0.325 e. The first-order valence-corrected chi connectivity index (χ1v) is 8.25. The van der Waals surface area contributed by atoms with Crippen molar-refractivity contribution in [2.24, 2.45) is 0 Å². The van der Waals surface area contributed by atoms with Gasteiger partial charge in [-0.2, -0.15) is 0 Å². The van der Waals surface area contributed by atoms with Gasteiger partial charge in [-0.15, -0.1) is 0 Å². The lowest BCUT2D eigenvalue weighted by molar-refractivity contribution is -0.119. The Kier molecular flexibility index (Phi) is 6.31. The minimum absolute atomic E-state index is 0.145. The molecule has 0 fully saturated rings. The van der Waals surface area contributed by atoms with Gasteiger partial charge in [0, 0.05) is 11.4 Å². The molecule has 0 bridgehead atoms. The molecule has 5 heteroatoms. The number of rotatable bonds is 6. The van der Waals surface area contributed by atoms with Crippen LogP contribution in [0.1, 0.15) is 16.7 Å². The van der Waals surface area contributed by atoms with Crippen molar-refractivity contribution in [3.63, 3.8) is 0 Å². The van der Waals surface area contributed by atoms with Crippen molar-refractivity contribution in [1.29, 1.82) is 0 Å². The second kappa shape index (κ2) is 8.44. The van der Waals surface area contributed by atoms with Gasteiger partial charge in [-0.25, -0.2) is 0 Å². The highest BCUT2D eigenvalue weighted by Gasteiger charge is 2.11. The van der Waals surface area contributed by atoms with Crippen LogP contribution in [0.25, 0.3) is 0 Å². The van der Waals surface area contributed by atoms with Gasteiger partial charge in [0.25, 0.3) is 0 Å². The molecule has 2 N–H and O–H groups in total. The number of hydrogen-bond donors (Lipinski definition) is 2. The molecule has 2 aromatic carbocycles. The molecule has 0 saturated carbocycles. The minimum Gasteiger partial charge on any atom is -0.325 e. The van der Waals surface area contributed by atoms with Crippen molar-refractivity contribution in [2.75, 3.05) is 30.8 Å². The Hall–Kier alpha value is -2.66. The van der Waals surface area contributed by atoms with Gasteiger partial charge < -0.3 is 10.6 Å². The molecular formula is C20H25N3O2. The maximum atomic E-state index is 12.1. The predicted molar refractivity (Wildman–Crippen MR) is 102 cm³/mol. The van der Waals surface area contributed by atoms with Gasteiger partial charge in [0.2, 0.25) is 11.8 Å². The summed E-state index contributed by atoms with van der Waals surface area (Å²) in [4.78, 5) is 25.8. The molecule has 0 atom stereocenters. The van der Waals surface area contributed by atoms with E-state index in [9.17, 15) is 9.59 Å². The first-order valence-electron chi connectivity index (χ1n) is 8.25. The molecule has 0 aliphatic rings. The zero-order valence-corrected chi connectivity index (χ0v) is 15.2. The standard InChI is InChI=1S/C20H25N3O2/c1-14-5-8-17(9-6-14)21-19(24)12-23(4)13-20(25)22-18-10-7-15(2)16(3)11-18/h5-11H,12-13H2,1-4H3,(H,21,24)(H,22,25). The smallest absolute Gasteiger partial charge is 0.238 e. The molecule has 132 valence electrons. The zero-order valence-electron chi connectivity index (χ0n) is 15.2. The quantitative estimate of drug-likeness (QED) is 0.850. The number of amides is 2. The van der Waals surface area contributed by atoms with Crippen molar-refractivity contribution in [2.45, 2.75) is 20.8 Å². The van der Waals surface area contributed by atoms with E-state index in [1.165, 1.54) is 5.56 Å². The Labute approximate surface area is 149 Å². The number of carbonyl (C=O) groups excluding carboxylic acids is 2. The molecule has 2 rings (SSSR count). The van der Waals surface area contributed by atoms with Crippen LogP contribution in [0.4, 0.5) is 11.4 Å². The van der Waals surface area contributed by atoms with Gasteiger partial charge in [0.05, 0.1) is 13.1 Å². The Morgan fingerprint density at radius 2 is 1.32 bits per heavy atom. The normalized spacial score (nSPS) is 10.6. The van der Waals surface area contributed by atoms with Crippen LogP contribution >= 0.6 is 0 Å². The van der Waals surface area contributed by atoms with Crippen LogP contribution in [0.5, 0.6) is 0 Å². The average molecular weight is 339 g/mol. The third kappa shape index (κ3) is 6.04. The van der Waals surface area contributed by atoms with Gasteiger partial charge in [0.1, 0.15) is 0 Å². The first-order chi connectivity index (χ1) is 11.8. The highest BCUT2D eigenvalue weighted by Crippen LogP contribution is 2.14. The topological polar surface area (TPSA) is 61.4 Å². The maximum Gasteiger partial charge on any atom is 0.238 e. The van der Waals surface area contributed by atoms with E-state index in [1.807, 2.05) is 63.2 Å². The molecule has 0 aliphatic carbocycles. The molecule has 5 nitrogen and oxygen atoms in total. The van der Waals surface area contributed by atoms with Crippen LogP contribution in [0, 0.1) is 20.8 Å². The Balaban J connectivity index is 1.81. The summed E-state index contributed by atoms with van der Waals surface area (Å²) in [6, 6.07) is 13.4. The van der Waals surface area contributed by atoms with E-state index in [4.69, 9.17) is 0 Å². The van der Waals surface area contributed by atoms with E-state index in [1.54, 1.807) is 11.9 Å². The minimum atomic E-state index is -0.148. The molecule has 0 saturated heterocycles. The first kappa shape index (κ1) is 18.7. The zero-order chi connectivity index (χ0) is 18.4. The second-order valence-corrected chi connectivity index (χ2v) is 6.43. The number of carbonyl (C=O) groups is 2. The van der Waals surface area contributed by atoms with E-state index in [2.05, 4.69) is 10.6 Å². The number of nitrogens with zero attached hydrogens (tertiary/aromatic N) is 1. The van der Waals surface area contributed by atoms with E-state index >= 15 is 0 Å². The van der Waals surface area contributed by atoms with Crippen molar-refractivity contribution in [3.8, 4) is 0 Å². The molecule has 0 radical (unpaired) electrons. The number of likely N-dealkylation sites (N-methyl/N-ethyl adjacent to an activating group) is 1. The van der Waals surface area contributed by atoms with E-state index in [-0.39, 0.29) is 24.9 Å². The van der Waals surface area contributed by atoms with Crippen molar-refractivity contribution >= 4 is 23.2 Å². The molecule has 0 spiro atoms. The summed E-state index contributed by atoms with van der Waals surface area (Å²) in [6.45, 7) is 6.32. The summed E-state index contributed by atoms with van der Waals surface area (Å²) in [5, 5.41) is 5.68. The summed E-state index contributed by atoms with van der Waals surface area (Å²) in [6.07, 6.45) is 0. The number of benzene rings is 2. The molecule has 0 unspecified atom stereocenters. The van der Waals surface area contributed by atoms with Gasteiger partial charge in [-0.05, 0) is 63.2 Å². The summed E-state index contributed by atoms with van der Waals surface area (Å²) in [5.41, 5.74) is 4.97. The van der Waals surface area contributed by atoms with E-state index < -0.39 is 0 Å². The van der Waals surface area contributed by atoms with Crippen LogP contribution in [-0.2, 0) is 9.59 Å². The number of hydrogen-bond acceptors (Lipinski definition) is 3. The van der Waals surface area contributed by atoms with Crippen LogP contribution < -0.4 is 10.6 Å². The Morgan fingerprint density at radius 3 is 1.88 bits per heavy atom. The summed E-state index contributed by atoms with van der Waals surface area (Å²) < 4.78 is 0. The van der Waals surface area contributed by atoms with E-state index in [0.29, 0.717) is 0 Å². The predicted octanol–water partition coefficient (Wildman–Crippen LogP) is 3.12. The van der Waals surface area contributed by atoms with Crippen molar-refractivity contribution in [3.05, 3.63) is 59.2 Å². The molecule has 0 aromatic heterocycles. The van der Waals surface area contributed by atoms with Gasteiger partial charge in [0.15, 0.2) is 0 Å². The van der Waals surface area contributed by atoms with Crippen molar-refractivity contribution in [1.82, 2.24) is 4.90 Å². The Bertz CT molecular complexity index is 754. The average Bonchev–Trinajstić information content (AvgIpc) is 2.52. The van der Waals surface area contributed by atoms with Gasteiger partial charge in [-0.3, -0.25) is 14.5 Å². The third-order valence-electron chi connectivity index (χ3n) is 3.95. The summed E-state index contributed by atoms with van der Waals surface area (Å²) in [5.74, 6) is -0.292. The molecular weight excluding hydrogens is 314 g/mol. The number of anilines is 2. The number of aryl methyl sites for hydroxylation is 3. The third-order valence-corrected chi connectivity index (χ3v) is 3.95. The van der Waals surface area contributed by atoms with E-state index in [0.717, 1.165) is 22.5 Å². The lowest BCUT2D eigenvalue weighted by Gasteiger charge is -2.16. The SMILES string of the molecule is Cc1ccc(NC(=O)CN(C)CC(=O)Nc2ccc(C)c(C)c2)cc1.